The first-order chi connectivity index (χ1) is 29.9. The van der Waals surface area contributed by atoms with E-state index in [0.29, 0.717) is 0 Å². The molecule has 8 bridgehead atoms. The largest absolute Gasteiger partial charge is 2.00 e. The fourth-order valence-electron chi connectivity index (χ4n) is 10.6. The Hall–Kier alpha value is -6.22. The molecular weight excluding hydrogens is 899 g/mol. The number of carbonyl (C=O) groups is 8. The number of fused-ring (bicyclic) bond motifs is 4. The van der Waals surface area contributed by atoms with Crippen LogP contribution in [0.5, 0.6) is 0 Å². The first-order valence-electron chi connectivity index (χ1n) is 20.7. The predicted molar refractivity (Wildman–Crippen MR) is 222 cm³/mol. The van der Waals surface area contributed by atoms with Crippen LogP contribution in [0.15, 0.2) is 38.0 Å². The number of carboxylic acid groups (broad SMARTS) is 7. The van der Waals surface area contributed by atoms with Crippen molar-refractivity contribution in [1.29, 1.82) is 0 Å². The monoisotopic (exact) mass is 948 g/mol. The second-order valence-electron chi connectivity index (χ2n) is 17.8. The number of aliphatic carboxylic acids is 7. The predicted octanol–water partition coefficient (Wildman–Crippen LogP) is 2.23. The van der Waals surface area contributed by atoms with Crippen LogP contribution in [0.4, 0.5) is 0 Å². The molecule has 2 unspecified atom stereocenters. The number of ether oxygens (including phenoxy) is 1. The van der Waals surface area contributed by atoms with Crippen LogP contribution < -0.4 is 15.7 Å². The maximum Gasteiger partial charge on any atom is 2.00 e. The van der Waals surface area contributed by atoms with Gasteiger partial charge in [-0.1, -0.05) is 38.5 Å². The van der Waals surface area contributed by atoms with Crippen molar-refractivity contribution in [1.82, 2.24) is 4.98 Å². The summed E-state index contributed by atoms with van der Waals surface area (Å²) < 4.78 is 5.92. The first-order valence-corrected chi connectivity index (χ1v) is 20.7. The van der Waals surface area contributed by atoms with Gasteiger partial charge in [-0.2, -0.15) is 0 Å². The topological polar surface area (TPSA) is 339 Å². The molecule has 0 aliphatic carbocycles. The number of aliphatic imine (C=N–C) groups is 3. The quantitative estimate of drug-likeness (QED) is 0.104. The van der Waals surface area contributed by atoms with Crippen LogP contribution >= 0.6 is 0 Å². The van der Waals surface area contributed by atoms with Crippen molar-refractivity contribution in [2.24, 2.45) is 43.1 Å². The average Bonchev–Trinajstić information content (AvgIpc) is 3.78. The van der Waals surface area contributed by atoms with E-state index in [1.165, 1.54) is 25.2 Å². The zero-order valence-electron chi connectivity index (χ0n) is 35.9. The molecule has 65 heavy (non-hydrogen) atoms. The van der Waals surface area contributed by atoms with Gasteiger partial charge in [0.2, 0.25) is 0 Å². The van der Waals surface area contributed by atoms with E-state index in [0.717, 1.165) is 0 Å². The van der Waals surface area contributed by atoms with Crippen molar-refractivity contribution in [3.8, 4) is 0 Å². The fraction of sp³-hybridized carbons (Fsp3) is 0.523. The summed E-state index contributed by atoms with van der Waals surface area (Å²) in [5, 5.41) is 70.7. The van der Waals surface area contributed by atoms with E-state index in [-0.39, 0.29) is 105 Å². The molecule has 5 aliphatic rings. The van der Waals surface area contributed by atoms with Crippen LogP contribution in [-0.4, -0.2) is 112 Å². The maximum atomic E-state index is 13.6. The SMILES string of the molecule is CC1OC(=O)C[C@@]2(C)[C@H](CCC(=O)O)C3=NC12C1=C(CC(=O)O)[C@@](C)(CCC(=O)O)C(=N1)C=c1[n-]c(c(CC(=O)O)c1CCC(=O)O)=CC1=NC(=C3)[C@@](C)(CC(=O)O)[C@@H]1CCC(=O)O.[Co+2]. The first kappa shape index (κ1) is 49.8. The number of esters is 1. The zero-order chi connectivity index (χ0) is 47.3. The van der Waals surface area contributed by atoms with Crippen LogP contribution in [0, 0.1) is 28.1 Å². The molecule has 20 nitrogen and oxygen atoms in total. The van der Waals surface area contributed by atoms with E-state index in [1.807, 2.05) is 0 Å². The Morgan fingerprint density at radius 1 is 0.708 bits per heavy atom. The van der Waals surface area contributed by atoms with Gasteiger partial charge in [0.15, 0.2) is 0 Å². The summed E-state index contributed by atoms with van der Waals surface area (Å²) in [5.74, 6) is -11.4. The van der Waals surface area contributed by atoms with Gasteiger partial charge in [0.25, 0.3) is 0 Å². The van der Waals surface area contributed by atoms with Crippen LogP contribution in [0.3, 0.4) is 0 Å². The molecule has 6 rings (SSSR count). The van der Waals surface area contributed by atoms with Gasteiger partial charge in [-0.3, -0.25) is 53.3 Å². The van der Waals surface area contributed by atoms with Crippen LogP contribution in [0.25, 0.3) is 12.2 Å². The van der Waals surface area contributed by atoms with E-state index in [2.05, 4.69) is 0 Å². The molecule has 7 N–H and O–H groups in total. The summed E-state index contributed by atoms with van der Waals surface area (Å²) in [7, 11) is 0. The summed E-state index contributed by atoms with van der Waals surface area (Å²) in [6.07, 6.45) is -2.03. The van der Waals surface area contributed by atoms with Crippen molar-refractivity contribution in [3.63, 3.8) is 0 Å². The molecule has 1 fully saturated rings. The standard InChI is InChI=1S/C44H50N4O16.Co/c1-20-44-40-25(14-37(59)60)41(2,12-11-35(55)56)30(47-40)16-27-21(5-8-32(49)50)22(13-36(57)58)26(45-27)15-28-23(6-9-33(51)52)42(3,18-38(61)62)31(46-28)17-29(48-44)24(7-10-34(53)54)43(44,4)19-39(63)64-20;/h15-17,20,23-24H,5-14,18-19H2,1-4H3,(H8,45,46,47,48,49,50,51,52,53,54,55,56,57,58,59,60,61,62);/q;+2/p-1/t20?,23-,24-,41-,42+,43+,44?;/m1./s1. The molecule has 1 aromatic heterocycles. The second-order valence-corrected chi connectivity index (χ2v) is 17.8. The molecule has 7 atom stereocenters. The summed E-state index contributed by atoms with van der Waals surface area (Å²) >= 11 is 0. The summed E-state index contributed by atoms with van der Waals surface area (Å²) in [5.41, 5.74) is -5.59. The Labute approximate surface area is 380 Å². The molecule has 0 saturated carbocycles. The van der Waals surface area contributed by atoms with Gasteiger partial charge in [0, 0.05) is 76.6 Å². The number of hydrogen-bond donors (Lipinski definition) is 7. The third kappa shape index (κ3) is 9.07. The second kappa shape index (κ2) is 18.3. The number of rotatable bonds is 18. The van der Waals surface area contributed by atoms with Gasteiger partial charge in [-0.25, -0.2) is 0 Å². The van der Waals surface area contributed by atoms with Gasteiger partial charge >= 0.3 is 64.5 Å². The van der Waals surface area contributed by atoms with Crippen LogP contribution in [0.1, 0.15) is 103 Å². The molecule has 1 aromatic rings. The van der Waals surface area contributed by atoms with Crippen molar-refractivity contribution in [2.45, 2.75) is 116 Å². The van der Waals surface area contributed by atoms with Gasteiger partial charge in [0.05, 0.1) is 31.4 Å². The van der Waals surface area contributed by atoms with Gasteiger partial charge < -0.3 is 45.5 Å². The minimum atomic E-state index is -1.81. The molecule has 1 saturated heterocycles. The summed E-state index contributed by atoms with van der Waals surface area (Å²) in [6.45, 7) is 6.36. The number of aromatic nitrogens is 1. The molecule has 1 radical (unpaired) electrons. The molecule has 1 spiro atoms. The van der Waals surface area contributed by atoms with Gasteiger partial charge in [-0.15, -0.1) is 10.7 Å². The average molecular weight is 949 g/mol. The Bertz CT molecular complexity index is 2570. The number of cyclic esters (lactones) is 1. The van der Waals surface area contributed by atoms with E-state index in [4.69, 9.17) is 24.7 Å². The van der Waals surface area contributed by atoms with Crippen molar-refractivity contribution < 1.29 is 95.6 Å². The Balaban J connectivity index is 0.00000793. The third-order valence-corrected chi connectivity index (χ3v) is 13.7. The maximum absolute atomic E-state index is 13.6. The van der Waals surface area contributed by atoms with Gasteiger partial charge in [0.1, 0.15) is 11.6 Å². The fourth-order valence-corrected chi connectivity index (χ4v) is 10.6. The Kier molecular flexibility index (Phi) is 14.0. The minimum absolute atomic E-state index is 0. The smallest absolute Gasteiger partial charge is 0.657 e. The normalized spacial score (nSPS) is 28.6. The van der Waals surface area contributed by atoms with Crippen molar-refractivity contribution in [3.05, 3.63) is 44.9 Å². The van der Waals surface area contributed by atoms with Crippen molar-refractivity contribution >= 4 is 77.0 Å². The van der Waals surface area contributed by atoms with Gasteiger partial charge in [-0.05, 0) is 49.8 Å². The van der Waals surface area contributed by atoms with E-state index >= 15 is 0 Å². The number of carbonyl (C=O) groups excluding carboxylic acids is 1. The number of hydrogen-bond acceptors (Lipinski definition) is 12. The summed E-state index contributed by atoms with van der Waals surface area (Å²) in [4.78, 5) is 121. The number of nitrogens with zero attached hydrogens (tertiary/aromatic N) is 4. The van der Waals surface area contributed by atoms with Crippen molar-refractivity contribution in [2.75, 3.05) is 0 Å². The molecule has 0 amide bonds. The molecule has 21 heteroatoms. The third-order valence-electron chi connectivity index (χ3n) is 13.7. The zero-order valence-corrected chi connectivity index (χ0v) is 36.9. The molecule has 0 aromatic carbocycles. The summed E-state index contributed by atoms with van der Waals surface area (Å²) in [6, 6.07) is 0. The van der Waals surface area contributed by atoms with E-state index < -0.39 is 132 Å². The molecule has 349 valence electrons. The van der Waals surface area contributed by atoms with E-state index in [9.17, 15) is 74.1 Å². The molecule has 5 aliphatic heterocycles. The van der Waals surface area contributed by atoms with Crippen LogP contribution in [-0.2, 0) is 72.7 Å². The number of allylic oxidation sites excluding steroid dienone is 2. The Morgan fingerprint density at radius 2 is 1.29 bits per heavy atom. The molecule has 6 heterocycles. The van der Waals surface area contributed by atoms with Crippen LogP contribution in [0.2, 0.25) is 0 Å². The molecular formula is C44H49CoN4O16+. The Morgan fingerprint density at radius 3 is 1.86 bits per heavy atom. The minimum Gasteiger partial charge on any atom is -0.657 e. The van der Waals surface area contributed by atoms with E-state index in [1.54, 1.807) is 20.8 Å². The number of carboxylic acids is 7.